The number of nitrogens with two attached hydrogens (primary N) is 1. The monoisotopic (exact) mass is 283 g/mol. The van der Waals surface area contributed by atoms with E-state index in [0.717, 1.165) is 12.2 Å². The fourth-order valence-corrected chi connectivity index (χ4v) is 3.05. The van der Waals surface area contributed by atoms with Gasteiger partial charge in [-0.15, -0.1) is 11.3 Å². The van der Waals surface area contributed by atoms with Crippen molar-refractivity contribution >= 4 is 27.8 Å². The van der Waals surface area contributed by atoms with Crippen molar-refractivity contribution in [1.29, 1.82) is 0 Å². The Morgan fingerprint density at radius 2 is 1.95 bits per heavy atom. The average Bonchev–Trinajstić information content (AvgIpc) is 2.99. The Morgan fingerprint density at radius 3 is 2.65 bits per heavy atom. The van der Waals surface area contributed by atoms with Crippen LogP contribution in [0.15, 0.2) is 47.3 Å². The molecule has 0 unspecified atom stereocenters. The van der Waals surface area contributed by atoms with Crippen LogP contribution in [0.25, 0.3) is 10.8 Å². The molecule has 1 aromatic heterocycles. The highest BCUT2D eigenvalue weighted by Gasteiger charge is 2.09. The summed E-state index contributed by atoms with van der Waals surface area (Å²) < 4.78 is 0. The van der Waals surface area contributed by atoms with E-state index < -0.39 is 0 Å². The minimum atomic E-state index is 0.566. The molecule has 4 heteroatoms. The lowest BCUT2D eigenvalue weighted by molar-refractivity contribution is 0.898. The van der Waals surface area contributed by atoms with Gasteiger partial charge in [0.15, 0.2) is 0 Å². The quantitative estimate of drug-likeness (QED) is 0.798. The van der Waals surface area contributed by atoms with Crippen LogP contribution in [0.4, 0.5) is 5.69 Å². The van der Waals surface area contributed by atoms with Gasteiger partial charge in [0.2, 0.25) is 0 Å². The van der Waals surface area contributed by atoms with Gasteiger partial charge in [0.05, 0.1) is 17.7 Å². The van der Waals surface area contributed by atoms with E-state index >= 15 is 0 Å². The van der Waals surface area contributed by atoms with Crippen LogP contribution < -0.4 is 10.6 Å². The summed E-state index contributed by atoms with van der Waals surface area (Å²) in [6.45, 7) is 1.38. The molecule has 0 atom stereocenters. The van der Waals surface area contributed by atoms with E-state index in [2.05, 4.69) is 58.7 Å². The van der Waals surface area contributed by atoms with Gasteiger partial charge in [-0.05, 0) is 17.0 Å². The van der Waals surface area contributed by atoms with E-state index in [0.29, 0.717) is 6.54 Å². The van der Waals surface area contributed by atoms with Gasteiger partial charge in [-0.3, -0.25) is 0 Å². The van der Waals surface area contributed by atoms with E-state index in [-0.39, 0.29) is 0 Å². The van der Waals surface area contributed by atoms with E-state index in [4.69, 9.17) is 5.73 Å². The first-order valence-electron chi connectivity index (χ1n) is 6.58. The second-order valence-corrected chi connectivity index (χ2v) is 5.55. The van der Waals surface area contributed by atoms with Crippen LogP contribution in [-0.2, 0) is 13.1 Å². The maximum atomic E-state index is 5.83. The van der Waals surface area contributed by atoms with E-state index in [1.807, 2.05) is 5.51 Å². The highest BCUT2D eigenvalue weighted by molar-refractivity contribution is 7.07. The van der Waals surface area contributed by atoms with Crippen molar-refractivity contribution in [3.8, 4) is 0 Å². The maximum Gasteiger partial charge on any atom is 0.0795 e. The first-order chi connectivity index (χ1) is 9.79. The third kappa shape index (κ3) is 2.40. The van der Waals surface area contributed by atoms with Gasteiger partial charge < -0.3 is 10.6 Å². The van der Waals surface area contributed by atoms with Crippen molar-refractivity contribution in [3.05, 3.63) is 58.5 Å². The molecule has 0 aliphatic heterocycles. The molecule has 0 bridgehead atoms. The molecule has 102 valence electrons. The van der Waals surface area contributed by atoms with Crippen LogP contribution in [-0.4, -0.2) is 12.0 Å². The number of nitrogens with zero attached hydrogens (tertiary/aromatic N) is 2. The predicted octanol–water partition coefficient (Wildman–Crippen LogP) is 3.39. The number of fused-ring (bicyclic) bond motifs is 1. The summed E-state index contributed by atoms with van der Waals surface area (Å²) in [7, 11) is 2.10. The Balaban J connectivity index is 2.03. The molecule has 0 aliphatic rings. The number of rotatable bonds is 4. The largest absolute Gasteiger partial charge is 0.368 e. The van der Waals surface area contributed by atoms with Crippen LogP contribution in [0.5, 0.6) is 0 Å². The maximum absolute atomic E-state index is 5.83. The first-order valence-corrected chi connectivity index (χ1v) is 7.53. The molecule has 0 amide bonds. The van der Waals surface area contributed by atoms with Gasteiger partial charge in [-0.25, -0.2) is 4.98 Å². The number of aromatic nitrogens is 1. The van der Waals surface area contributed by atoms with Crippen molar-refractivity contribution in [2.45, 2.75) is 13.1 Å². The Morgan fingerprint density at radius 1 is 1.15 bits per heavy atom. The van der Waals surface area contributed by atoms with Crippen molar-refractivity contribution in [3.63, 3.8) is 0 Å². The number of anilines is 1. The van der Waals surface area contributed by atoms with Gasteiger partial charge in [0, 0.05) is 30.0 Å². The van der Waals surface area contributed by atoms with Crippen LogP contribution in [0.3, 0.4) is 0 Å². The van der Waals surface area contributed by atoms with Crippen molar-refractivity contribution in [2.75, 3.05) is 11.9 Å². The highest BCUT2D eigenvalue weighted by atomic mass is 32.1. The second-order valence-electron chi connectivity index (χ2n) is 4.83. The molecule has 0 saturated heterocycles. The summed E-state index contributed by atoms with van der Waals surface area (Å²) in [5.41, 5.74) is 11.2. The Kier molecular flexibility index (Phi) is 3.67. The van der Waals surface area contributed by atoms with Crippen LogP contribution in [0.2, 0.25) is 0 Å². The summed E-state index contributed by atoms with van der Waals surface area (Å²) in [6, 6.07) is 12.7. The standard InChI is InChI=1S/C16H17N3S/c1-19(9-13-10-20-11-18-13)16-7-6-12(8-17)14-4-2-3-5-15(14)16/h2-7,10-11H,8-9,17H2,1H3. The molecule has 0 aliphatic carbocycles. The molecule has 2 aromatic carbocycles. The number of thiazole rings is 1. The number of hydrogen-bond donors (Lipinski definition) is 1. The smallest absolute Gasteiger partial charge is 0.0795 e. The fourth-order valence-electron chi connectivity index (χ4n) is 2.50. The van der Waals surface area contributed by atoms with Crippen molar-refractivity contribution < 1.29 is 0 Å². The zero-order chi connectivity index (χ0) is 13.9. The molecular formula is C16H17N3S. The fraction of sp³-hybridized carbons (Fsp3) is 0.188. The molecule has 3 nitrogen and oxygen atoms in total. The molecule has 0 radical (unpaired) electrons. The normalized spacial score (nSPS) is 10.9. The summed E-state index contributed by atoms with van der Waals surface area (Å²) >= 11 is 1.63. The Hall–Kier alpha value is -1.91. The molecule has 0 fully saturated rings. The predicted molar refractivity (Wildman–Crippen MR) is 86.1 cm³/mol. The molecule has 3 rings (SSSR count). The lowest BCUT2D eigenvalue weighted by Gasteiger charge is -2.21. The molecule has 2 N–H and O–H groups in total. The third-order valence-electron chi connectivity index (χ3n) is 3.51. The van der Waals surface area contributed by atoms with E-state index in [9.17, 15) is 0 Å². The zero-order valence-electron chi connectivity index (χ0n) is 11.4. The van der Waals surface area contributed by atoms with Crippen molar-refractivity contribution in [2.24, 2.45) is 5.73 Å². The van der Waals surface area contributed by atoms with Crippen molar-refractivity contribution in [1.82, 2.24) is 4.98 Å². The third-order valence-corrected chi connectivity index (χ3v) is 4.14. The topological polar surface area (TPSA) is 42.2 Å². The van der Waals surface area contributed by atoms with E-state index in [1.54, 1.807) is 11.3 Å². The molecule has 0 saturated carbocycles. The Labute approximate surface area is 122 Å². The Bertz CT molecular complexity index is 707. The summed E-state index contributed by atoms with van der Waals surface area (Å²) in [5, 5.41) is 4.57. The van der Waals surface area contributed by atoms with Gasteiger partial charge in [0.25, 0.3) is 0 Å². The van der Waals surface area contributed by atoms with E-state index in [1.165, 1.54) is 22.0 Å². The van der Waals surface area contributed by atoms with Gasteiger partial charge in [0.1, 0.15) is 0 Å². The zero-order valence-corrected chi connectivity index (χ0v) is 12.2. The van der Waals surface area contributed by atoms with Crippen LogP contribution in [0.1, 0.15) is 11.3 Å². The van der Waals surface area contributed by atoms with Gasteiger partial charge >= 0.3 is 0 Å². The lowest BCUT2D eigenvalue weighted by atomic mass is 10.0. The summed E-state index contributed by atoms with van der Waals surface area (Å²) in [5.74, 6) is 0. The van der Waals surface area contributed by atoms with Gasteiger partial charge in [-0.1, -0.05) is 30.3 Å². The SMILES string of the molecule is CN(Cc1cscn1)c1ccc(CN)c2ccccc12. The van der Waals surface area contributed by atoms with Crippen LogP contribution >= 0.6 is 11.3 Å². The molecule has 3 aromatic rings. The lowest BCUT2D eigenvalue weighted by Crippen LogP contribution is -2.17. The first kappa shape index (κ1) is 13.1. The van der Waals surface area contributed by atoms with Gasteiger partial charge in [-0.2, -0.15) is 0 Å². The number of benzene rings is 2. The van der Waals surface area contributed by atoms with Crippen LogP contribution in [0, 0.1) is 0 Å². The molecular weight excluding hydrogens is 266 g/mol. The second kappa shape index (κ2) is 5.61. The molecule has 1 heterocycles. The summed E-state index contributed by atoms with van der Waals surface area (Å²) in [6.07, 6.45) is 0. The average molecular weight is 283 g/mol. The molecule has 0 spiro atoms. The molecule has 20 heavy (non-hydrogen) atoms. The summed E-state index contributed by atoms with van der Waals surface area (Å²) in [4.78, 5) is 6.59. The highest BCUT2D eigenvalue weighted by Crippen LogP contribution is 2.29. The minimum Gasteiger partial charge on any atom is -0.368 e. The number of hydrogen-bond acceptors (Lipinski definition) is 4. The minimum absolute atomic E-state index is 0.566.